The third-order valence-corrected chi connectivity index (χ3v) is 4.38. The third kappa shape index (κ3) is 2.71. The van der Waals surface area contributed by atoms with Gasteiger partial charge in [-0.1, -0.05) is 0 Å². The molecule has 0 aliphatic heterocycles. The molecular formula is C12H17N3O3S. The number of fused-ring (bicyclic) bond motifs is 1. The zero-order valence-electron chi connectivity index (χ0n) is 10.7. The lowest BCUT2D eigenvalue weighted by Crippen LogP contribution is -2.33. The standard InChI is InChI=1S/C12H17N3O3S/c1-15(5-6-16)12(18)14-11-9(10(13)17)7-3-2-4-8(7)19-11/h16H,2-6H2,1H3,(H2,13,17)(H,14,18). The first-order valence-corrected chi connectivity index (χ1v) is 6.93. The number of hydrogen-bond donors (Lipinski definition) is 3. The van der Waals surface area contributed by atoms with Gasteiger partial charge in [-0.25, -0.2) is 4.79 Å². The van der Waals surface area contributed by atoms with Crippen molar-refractivity contribution in [2.24, 2.45) is 5.73 Å². The molecule has 1 aromatic heterocycles. The summed E-state index contributed by atoms with van der Waals surface area (Å²) in [6.45, 7) is 0.135. The molecule has 0 spiro atoms. The van der Waals surface area contributed by atoms with Gasteiger partial charge in [0, 0.05) is 18.5 Å². The summed E-state index contributed by atoms with van der Waals surface area (Å²) in [5.74, 6) is -0.500. The predicted octanol–water partition coefficient (Wildman–Crippen LogP) is 0.792. The molecule has 6 nitrogen and oxygen atoms in total. The molecule has 1 aromatic rings. The number of nitrogens with two attached hydrogens (primary N) is 1. The Bertz CT molecular complexity index is 513. The van der Waals surface area contributed by atoms with Crippen molar-refractivity contribution in [3.63, 3.8) is 0 Å². The van der Waals surface area contributed by atoms with Crippen molar-refractivity contribution in [1.29, 1.82) is 0 Å². The van der Waals surface area contributed by atoms with Crippen LogP contribution in [0.25, 0.3) is 0 Å². The maximum absolute atomic E-state index is 11.9. The Morgan fingerprint density at radius 1 is 1.47 bits per heavy atom. The number of anilines is 1. The Kier molecular flexibility index (Phi) is 4.06. The number of primary amides is 1. The first-order chi connectivity index (χ1) is 9.04. The van der Waals surface area contributed by atoms with Gasteiger partial charge < -0.3 is 15.7 Å². The van der Waals surface area contributed by atoms with E-state index in [0.29, 0.717) is 10.6 Å². The first kappa shape index (κ1) is 13.8. The molecule has 104 valence electrons. The van der Waals surface area contributed by atoms with E-state index >= 15 is 0 Å². The van der Waals surface area contributed by atoms with Crippen LogP contribution in [0.5, 0.6) is 0 Å². The summed E-state index contributed by atoms with van der Waals surface area (Å²) in [5, 5.41) is 12.0. The van der Waals surface area contributed by atoms with Crippen LogP contribution in [-0.2, 0) is 12.8 Å². The Hall–Kier alpha value is -1.60. The number of carbonyl (C=O) groups is 2. The molecule has 0 fully saturated rings. The first-order valence-electron chi connectivity index (χ1n) is 6.12. The monoisotopic (exact) mass is 283 g/mol. The Morgan fingerprint density at radius 3 is 2.84 bits per heavy atom. The van der Waals surface area contributed by atoms with Gasteiger partial charge in [-0.05, 0) is 24.8 Å². The number of nitrogens with one attached hydrogen (secondary N) is 1. The summed E-state index contributed by atoms with van der Waals surface area (Å²) < 4.78 is 0. The van der Waals surface area contributed by atoms with Crippen LogP contribution in [-0.4, -0.2) is 42.1 Å². The number of likely N-dealkylation sites (N-methyl/N-ethyl adjacent to an activating group) is 1. The number of carbonyl (C=O) groups excluding carboxylic acids is 2. The lowest BCUT2D eigenvalue weighted by atomic mass is 10.1. The number of amides is 3. The number of urea groups is 1. The van der Waals surface area contributed by atoms with Gasteiger partial charge in [0.2, 0.25) is 0 Å². The quantitative estimate of drug-likeness (QED) is 0.762. The smallest absolute Gasteiger partial charge is 0.322 e. The van der Waals surface area contributed by atoms with Crippen molar-refractivity contribution in [2.45, 2.75) is 19.3 Å². The predicted molar refractivity (Wildman–Crippen MR) is 73.6 cm³/mol. The highest BCUT2D eigenvalue weighted by molar-refractivity contribution is 7.17. The molecule has 0 bridgehead atoms. The van der Waals surface area contributed by atoms with Crippen LogP contribution < -0.4 is 11.1 Å². The third-order valence-electron chi connectivity index (χ3n) is 3.17. The molecular weight excluding hydrogens is 266 g/mol. The number of hydrogen-bond acceptors (Lipinski definition) is 4. The molecule has 1 heterocycles. The maximum atomic E-state index is 11.9. The van der Waals surface area contributed by atoms with Gasteiger partial charge in [0.05, 0.1) is 12.2 Å². The Balaban J connectivity index is 2.21. The van der Waals surface area contributed by atoms with Crippen LogP contribution in [0, 0.1) is 0 Å². The van der Waals surface area contributed by atoms with Crippen LogP contribution in [0.1, 0.15) is 27.2 Å². The number of aliphatic hydroxyl groups is 1. The number of thiophene rings is 1. The van der Waals surface area contributed by atoms with Crippen molar-refractivity contribution < 1.29 is 14.7 Å². The van der Waals surface area contributed by atoms with Gasteiger partial charge in [-0.15, -0.1) is 11.3 Å². The van der Waals surface area contributed by atoms with Crippen molar-refractivity contribution >= 4 is 28.3 Å². The van der Waals surface area contributed by atoms with E-state index < -0.39 is 5.91 Å². The fraction of sp³-hybridized carbons (Fsp3) is 0.500. The highest BCUT2D eigenvalue weighted by Gasteiger charge is 2.26. The molecule has 2 rings (SSSR count). The molecule has 1 aliphatic carbocycles. The summed E-state index contributed by atoms with van der Waals surface area (Å²) >= 11 is 1.42. The second-order valence-electron chi connectivity index (χ2n) is 4.50. The van der Waals surface area contributed by atoms with Crippen molar-refractivity contribution in [1.82, 2.24) is 4.90 Å². The molecule has 1 aliphatic rings. The average Bonchev–Trinajstić information content (AvgIpc) is 2.88. The van der Waals surface area contributed by atoms with Crippen molar-refractivity contribution in [2.75, 3.05) is 25.5 Å². The van der Waals surface area contributed by atoms with E-state index in [-0.39, 0.29) is 19.2 Å². The minimum Gasteiger partial charge on any atom is -0.395 e. The number of rotatable bonds is 4. The molecule has 3 amide bonds. The fourth-order valence-corrected chi connectivity index (χ4v) is 3.48. The van der Waals surface area contributed by atoms with Gasteiger partial charge in [-0.3, -0.25) is 10.1 Å². The van der Waals surface area contributed by atoms with Gasteiger partial charge >= 0.3 is 6.03 Å². The van der Waals surface area contributed by atoms with Gasteiger partial charge in [0.15, 0.2) is 0 Å². The summed E-state index contributed by atoms with van der Waals surface area (Å²) in [7, 11) is 1.58. The Morgan fingerprint density at radius 2 is 2.21 bits per heavy atom. The van der Waals surface area contributed by atoms with E-state index in [4.69, 9.17) is 10.8 Å². The number of nitrogens with zero attached hydrogens (tertiary/aromatic N) is 1. The lowest BCUT2D eigenvalue weighted by Gasteiger charge is -2.16. The molecule has 0 saturated heterocycles. The SMILES string of the molecule is CN(CCO)C(=O)Nc1sc2c(c1C(N)=O)CCC2. The van der Waals surface area contributed by atoms with Gasteiger partial charge in [0.25, 0.3) is 5.91 Å². The molecule has 7 heteroatoms. The number of aliphatic hydroxyl groups excluding tert-OH is 1. The van der Waals surface area contributed by atoms with E-state index in [2.05, 4.69) is 5.32 Å². The van der Waals surface area contributed by atoms with Gasteiger partial charge in [0.1, 0.15) is 5.00 Å². The van der Waals surface area contributed by atoms with Crippen LogP contribution >= 0.6 is 11.3 Å². The summed E-state index contributed by atoms with van der Waals surface area (Å²) in [5.41, 5.74) is 6.84. The summed E-state index contributed by atoms with van der Waals surface area (Å²) in [6.07, 6.45) is 2.80. The minimum absolute atomic E-state index is 0.104. The Labute approximate surface area is 115 Å². The molecule has 19 heavy (non-hydrogen) atoms. The second kappa shape index (κ2) is 5.58. The number of aryl methyl sites for hydroxylation is 1. The zero-order valence-corrected chi connectivity index (χ0v) is 11.5. The molecule has 0 saturated carbocycles. The largest absolute Gasteiger partial charge is 0.395 e. The fourth-order valence-electron chi connectivity index (χ4n) is 2.20. The van der Waals surface area contributed by atoms with Crippen molar-refractivity contribution in [3.05, 3.63) is 16.0 Å². The molecule has 4 N–H and O–H groups in total. The van der Waals surface area contributed by atoms with E-state index in [1.54, 1.807) is 7.05 Å². The van der Waals surface area contributed by atoms with Crippen LogP contribution in [0.15, 0.2) is 0 Å². The van der Waals surface area contributed by atoms with E-state index in [9.17, 15) is 9.59 Å². The molecule has 0 aromatic carbocycles. The maximum Gasteiger partial charge on any atom is 0.322 e. The highest BCUT2D eigenvalue weighted by atomic mass is 32.1. The van der Waals surface area contributed by atoms with Crippen LogP contribution in [0.2, 0.25) is 0 Å². The molecule has 0 atom stereocenters. The molecule has 0 unspecified atom stereocenters. The van der Waals surface area contributed by atoms with Crippen LogP contribution in [0.4, 0.5) is 9.80 Å². The van der Waals surface area contributed by atoms with E-state index in [1.807, 2.05) is 0 Å². The summed E-state index contributed by atoms with van der Waals surface area (Å²) in [4.78, 5) is 25.9. The van der Waals surface area contributed by atoms with E-state index in [1.165, 1.54) is 16.2 Å². The summed E-state index contributed by atoms with van der Waals surface area (Å²) in [6, 6.07) is -0.350. The van der Waals surface area contributed by atoms with Crippen LogP contribution in [0.3, 0.4) is 0 Å². The van der Waals surface area contributed by atoms with E-state index in [0.717, 1.165) is 29.7 Å². The second-order valence-corrected chi connectivity index (χ2v) is 5.61. The topological polar surface area (TPSA) is 95.7 Å². The zero-order chi connectivity index (χ0) is 14.0. The lowest BCUT2D eigenvalue weighted by molar-refractivity contribution is 0.100. The van der Waals surface area contributed by atoms with Gasteiger partial charge in [-0.2, -0.15) is 0 Å². The van der Waals surface area contributed by atoms with Crippen molar-refractivity contribution in [3.8, 4) is 0 Å². The average molecular weight is 283 g/mol. The highest BCUT2D eigenvalue weighted by Crippen LogP contribution is 2.38. The normalized spacial score (nSPS) is 13.2. The minimum atomic E-state index is -0.500. The molecule has 0 radical (unpaired) electrons.